The first kappa shape index (κ1) is 15.6. The van der Waals surface area contributed by atoms with Gasteiger partial charge in [0.1, 0.15) is 11.4 Å². The van der Waals surface area contributed by atoms with Gasteiger partial charge in [-0.15, -0.1) is 0 Å². The van der Waals surface area contributed by atoms with E-state index in [-0.39, 0.29) is 22.0 Å². The first-order valence-electron chi connectivity index (χ1n) is 5.92. The number of aromatic carboxylic acids is 1. The number of carbonyl (C=O) groups is 2. The minimum Gasteiger partial charge on any atom is -0.477 e. The van der Waals surface area contributed by atoms with Gasteiger partial charge in [0.2, 0.25) is 10.0 Å². The lowest BCUT2D eigenvalue weighted by Crippen LogP contribution is -2.16. The number of amides is 1. The normalized spacial score (nSPS) is 11.0. The van der Waals surface area contributed by atoms with Crippen molar-refractivity contribution < 1.29 is 23.1 Å². The molecule has 0 spiro atoms. The predicted molar refractivity (Wildman–Crippen MR) is 77.0 cm³/mol. The van der Waals surface area contributed by atoms with E-state index in [9.17, 15) is 18.0 Å². The highest BCUT2D eigenvalue weighted by Crippen LogP contribution is 2.15. The average molecular weight is 321 g/mol. The molecular formula is C13H11N3O5S. The Morgan fingerprint density at radius 3 is 2.36 bits per heavy atom. The van der Waals surface area contributed by atoms with Gasteiger partial charge >= 0.3 is 5.97 Å². The van der Waals surface area contributed by atoms with Crippen LogP contribution in [0.2, 0.25) is 0 Å². The molecule has 0 bridgehead atoms. The maximum absolute atomic E-state index is 12.0. The third-order valence-electron chi connectivity index (χ3n) is 2.62. The van der Waals surface area contributed by atoms with Gasteiger partial charge < -0.3 is 10.4 Å². The van der Waals surface area contributed by atoms with Gasteiger partial charge in [0.05, 0.1) is 4.90 Å². The lowest BCUT2D eigenvalue weighted by Gasteiger charge is -2.06. The van der Waals surface area contributed by atoms with Crippen molar-refractivity contribution in [1.29, 1.82) is 0 Å². The van der Waals surface area contributed by atoms with Gasteiger partial charge in [-0.2, -0.15) is 0 Å². The van der Waals surface area contributed by atoms with Gasteiger partial charge in [-0.05, 0) is 30.3 Å². The number of benzene rings is 1. The Morgan fingerprint density at radius 1 is 1.09 bits per heavy atom. The molecule has 8 nitrogen and oxygen atoms in total. The summed E-state index contributed by atoms with van der Waals surface area (Å²) in [5, 5.41) is 16.3. The van der Waals surface area contributed by atoms with E-state index in [0.717, 1.165) is 0 Å². The number of hydrogen-bond acceptors (Lipinski definition) is 5. The minimum atomic E-state index is -3.89. The summed E-state index contributed by atoms with van der Waals surface area (Å²) in [6.07, 6.45) is 0. The SMILES string of the molecule is NS(=O)(=O)c1cccc(NC(=O)c2cccc(C(=O)O)n2)c1. The number of carbonyl (C=O) groups excluding carboxylic acids is 1. The topological polar surface area (TPSA) is 139 Å². The number of anilines is 1. The Hall–Kier alpha value is -2.78. The number of nitrogens with zero attached hydrogens (tertiary/aromatic N) is 1. The molecule has 2 aromatic rings. The second-order valence-corrected chi connectivity index (χ2v) is 5.80. The Kier molecular flexibility index (Phi) is 4.20. The molecule has 0 saturated carbocycles. The van der Waals surface area contributed by atoms with Crippen LogP contribution in [0.15, 0.2) is 47.4 Å². The number of carboxylic acid groups (broad SMARTS) is 1. The zero-order valence-electron chi connectivity index (χ0n) is 11.1. The van der Waals surface area contributed by atoms with Gasteiger partial charge in [-0.3, -0.25) is 4.79 Å². The highest BCUT2D eigenvalue weighted by molar-refractivity contribution is 7.89. The maximum atomic E-state index is 12.0. The van der Waals surface area contributed by atoms with Crippen LogP contribution in [0.25, 0.3) is 0 Å². The van der Waals surface area contributed by atoms with Gasteiger partial charge in [0, 0.05) is 5.69 Å². The van der Waals surface area contributed by atoms with Crippen LogP contribution in [0.5, 0.6) is 0 Å². The molecule has 0 radical (unpaired) electrons. The Labute approximate surface area is 125 Å². The van der Waals surface area contributed by atoms with Crippen molar-refractivity contribution in [2.75, 3.05) is 5.32 Å². The molecule has 1 heterocycles. The molecule has 4 N–H and O–H groups in total. The number of rotatable bonds is 4. The van der Waals surface area contributed by atoms with Crippen LogP contribution < -0.4 is 10.5 Å². The third kappa shape index (κ3) is 3.65. The van der Waals surface area contributed by atoms with Crippen molar-refractivity contribution in [2.45, 2.75) is 4.90 Å². The standard InChI is InChI=1S/C13H11N3O5S/c14-22(20,21)9-4-1-3-8(7-9)15-12(17)10-5-2-6-11(16-10)13(18)19/h1-7H,(H,15,17)(H,18,19)(H2,14,20,21). The summed E-state index contributed by atoms with van der Waals surface area (Å²) in [5.41, 5.74) is -0.189. The van der Waals surface area contributed by atoms with Crippen molar-refractivity contribution >= 4 is 27.6 Å². The molecule has 0 aliphatic heterocycles. The van der Waals surface area contributed by atoms with Crippen molar-refractivity contribution in [3.8, 4) is 0 Å². The van der Waals surface area contributed by atoms with Gasteiger partial charge in [0.25, 0.3) is 5.91 Å². The van der Waals surface area contributed by atoms with Gasteiger partial charge in [-0.1, -0.05) is 12.1 Å². The summed E-state index contributed by atoms with van der Waals surface area (Å²) in [5.74, 6) is -1.93. The quantitative estimate of drug-likeness (QED) is 0.756. The second-order valence-electron chi connectivity index (χ2n) is 4.24. The molecule has 2 rings (SSSR count). The van der Waals surface area contributed by atoms with E-state index in [4.69, 9.17) is 10.2 Å². The van der Waals surface area contributed by atoms with Crippen molar-refractivity contribution in [3.63, 3.8) is 0 Å². The summed E-state index contributed by atoms with van der Waals surface area (Å²) in [6.45, 7) is 0. The molecule has 9 heteroatoms. The highest BCUT2D eigenvalue weighted by atomic mass is 32.2. The monoisotopic (exact) mass is 321 g/mol. The van der Waals surface area contributed by atoms with E-state index < -0.39 is 21.9 Å². The van der Waals surface area contributed by atoms with E-state index in [2.05, 4.69) is 10.3 Å². The van der Waals surface area contributed by atoms with E-state index in [1.54, 1.807) is 0 Å². The zero-order chi connectivity index (χ0) is 16.3. The largest absolute Gasteiger partial charge is 0.477 e. The van der Waals surface area contributed by atoms with Crippen LogP contribution in [0, 0.1) is 0 Å². The highest BCUT2D eigenvalue weighted by Gasteiger charge is 2.13. The average Bonchev–Trinajstić information content (AvgIpc) is 2.46. The minimum absolute atomic E-state index is 0.110. The lowest BCUT2D eigenvalue weighted by molar-refractivity contribution is 0.0690. The number of sulfonamides is 1. The molecular weight excluding hydrogens is 310 g/mol. The van der Waals surface area contributed by atoms with Gasteiger partial charge in [0.15, 0.2) is 0 Å². The summed E-state index contributed by atoms with van der Waals surface area (Å²) in [7, 11) is -3.89. The molecule has 1 amide bonds. The van der Waals surface area contributed by atoms with Crippen molar-refractivity contribution in [1.82, 2.24) is 4.98 Å². The van der Waals surface area contributed by atoms with Crippen LogP contribution in [0.4, 0.5) is 5.69 Å². The van der Waals surface area contributed by atoms with Crippen LogP contribution >= 0.6 is 0 Å². The molecule has 1 aromatic carbocycles. The molecule has 1 aromatic heterocycles. The van der Waals surface area contributed by atoms with Crippen LogP contribution in [0.1, 0.15) is 21.0 Å². The van der Waals surface area contributed by atoms with Crippen molar-refractivity contribution in [2.24, 2.45) is 5.14 Å². The Morgan fingerprint density at radius 2 is 1.73 bits per heavy atom. The number of aromatic nitrogens is 1. The van der Waals surface area contributed by atoms with Crippen LogP contribution in [-0.2, 0) is 10.0 Å². The van der Waals surface area contributed by atoms with Gasteiger partial charge in [-0.25, -0.2) is 23.3 Å². The number of nitrogens with two attached hydrogens (primary N) is 1. The van der Waals surface area contributed by atoms with E-state index in [1.807, 2.05) is 0 Å². The fourth-order valence-electron chi connectivity index (χ4n) is 1.63. The molecule has 0 saturated heterocycles. The van der Waals surface area contributed by atoms with Crippen LogP contribution in [0.3, 0.4) is 0 Å². The number of hydrogen-bond donors (Lipinski definition) is 3. The van der Waals surface area contributed by atoms with Crippen LogP contribution in [-0.4, -0.2) is 30.4 Å². The Bertz CT molecular complexity index is 848. The predicted octanol–water partition coefficient (Wildman–Crippen LogP) is 0.679. The fraction of sp³-hybridized carbons (Fsp3) is 0. The number of pyridine rings is 1. The molecule has 0 unspecified atom stereocenters. The lowest BCUT2D eigenvalue weighted by atomic mass is 10.2. The van der Waals surface area contributed by atoms with E-state index in [0.29, 0.717) is 0 Å². The molecule has 0 aliphatic rings. The first-order chi connectivity index (χ1) is 10.3. The Balaban J connectivity index is 2.26. The molecule has 0 fully saturated rings. The fourth-order valence-corrected chi connectivity index (χ4v) is 2.19. The first-order valence-corrected chi connectivity index (χ1v) is 7.46. The smallest absolute Gasteiger partial charge is 0.354 e. The zero-order valence-corrected chi connectivity index (χ0v) is 11.9. The summed E-state index contributed by atoms with van der Waals surface area (Å²) in [4.78, 5) is 26.3. The van der Waals surface area contributed by atoms with Crippen molar-refractivity contribution in [3.05, 3.63) is 53.9 Å². The molecule has 114 valence electrons. The number of primary sulfonamides is 1. The summed E-state index contributed by atoms with van der Waals surface area (Å²) >= 11 is 0. The third-order valence-corrected chi connectivity index (χ3v) is 3.53. The number of carboxylic acids is 1. The summed E-state index contributed by atoms with van der Waals surface area (Å²) < 4.78 is 22.5. The molecule has 22 heavy (non-hydrogen) atoms. The number of nitrogens with one attached hydrogen (secondary N) is 1. The summed E-state index contributed by atoms with van der Waals surface area (Å²) in [6, 6.07) is 9.32. The maximum Gasteiger partial charge on any atom is 0.354 e. The van der Waals surface area contributed by atoms with E-state index in [1.165, 1.54) is 42.5 Å². The second kappa shape index (κ2) is 5.92. The van der Waals surface area contributed by atoms with E-state index >= 15 is 0 Å². The molecule has 0 atom stereocenters. The molecule has 0 aliphatic carbocycles.